The van der Waals surface area contributed by atoms with Crippen molar-refractivity contribution in [1.29, 1.82) is 0 Å². The number of halogens is 1. The van der Waals surface area contributed by atoms with Crippen molar-refractivity contribution in [3.63, 3.8) is 0 Å². The predicted molar refractivity (Wildman–Crippen MR) is 450 cm³/mol. The van der Waals surface area contributed by atoms with E-state index in [1.54, 1.807) is 26.2 Å². The molecule has 0 atom stereocenters. The number of carbonyl (C=O) groups is 2. The van der Waals surface area contributed by atoms with Crippen LogP contribution in [0.25, 0.3) is 16.9 Å². The molecule has 6 heterocycles. The SMILES string of the molecule is CC(C)(C)[Si](C)(C)OCCOCCN.CC(C)c1cnn2c(N(Cc3ccccc3)C(=O)OC(C)(C)C)cc(Cl)nc12.CC(C)c1cnn2c(N(Cc3ccccc3)C(=O)OC(C)(C)C)cc(NCCOCCO[Si](C)(C)C(C)(C)C)nc12.CC(C)c1cnn2c(NCc3ccccc3)cc(NCCOCCO)nc12. The molecule has 0 aliphatic heterocycles. The summed E-state index contributed by atoms with van der Waals surface area (Å²) in [6, 6.07) is 35.3. The number of fused-ring (bicyclic) bond motifs is 3. The van der Waals surface area contributed by atoms with E-state index in [4.69, 9.17) is 64.9 Å². The number of carbonyl (C=O) groups excluding carboxylic acids is 2. The molecule has 0 fully saturated rings. The van der Waals surface area contributed by atoms with E-state index in [2.05, 4.69) is 158 Å². The first-order valence-electron chi connectivity index (χ1n) is 38.2. The molecule has 2 amide bonds. The Labute approximate surface area is 660 Å². The zero-order chi connectivity index (χ0) is 81.2. The minimum absolute atomic E-state index is 0.0331. The maximum Gasteiger partial charge on any atom is 0.416 e. The lowest BCUT2D eigenvalue weighted by Gasteiger charge is -2.36. The first kappa shape index (κ1) is 90.8. The number of hydrogen-bond acceptors (Lipinski definition) is 20. The summed E-state index contributed by atoms with van der Waals surface area (Å²) in [6.45, 7) is 53.7. The van der Waals surface area contributed by atoms with Crippen LogP contribution in [0.3, 0.4) is 0 Å². The van der Waals surface area contributed by atoms with Crippen LogP contribution in [0.4, 0.5) is 38.7 Å². The first-order chi connectivity index (χ1) is 51.7. The number of nitrogens with two attached hydrogens (primary N) is 1. The predicted octanol–water partition coefficient (Wildman–Crippen LogP) is 17.6. The van der Waals surface area contributed by atoms with Gasteiger partial charge in [-0.1, -0.05) is 186 Å². The van der Waals surface area contributed by atoms with Crippen molar-refractivity contribution >= 4 is 86.5 Å². The van der Waals surface area contributed by atoms with Gasteiger partial charge >= 0.3 is 12.2 Å². The van der Waals surface area contributed by atoms with Crippen LogP contribution in [0.1, 0.15) is 176 Å². The maximum atomic E-state index is 13.5. The second kappa shape index (κ2) is 42.0. The number of nitrogens with one attached hydrogen (secondary N) is 3. The van der Waals surface area contributed by atoms with Gasteiger partial charge in [-0.3, -0.25) is 9.80 Å². The highest BCUT2D eigenvalue weighted by Crippen LogP contribution is 2.38. The Hall–Kier alpha value is -8.10. The summed E-state index contributed by atoms with van der Waals surface area (Å²) in [4.78, 5) is 43.8. The van der Waals surface area contributed by atoms with Crippen LogP contribution in [0.5, 0.6) is 0 Å². The molecule has 0 aliphatic carbocycles. The molecule has 9 aromatic rings. The van der Waals surface area contributed by atoms with Gasteiger partial charge in [0.15, 0.2) is 33.6 Å². The number of anilines is 5. The molecule has 0 saturated carbocycles. The average Bonchev–Trinajstić information content (AvgIpc) is 1.60. The monoisotopic (exact) mass is 1570 g/mol. The summed E-state index contributed by atoms with van der Waals surface area (Å²) in [5.74, 6) is 4.14. The number of aromatic nitrogens is 9. The van der Waals surface area contributed by atoms with E-state index in [1.165, 1.54) is 10.5 Å². The number of rotatable bonds is 32. The minimum Gasteiger partial charge on any atom is -0.443 e. The molecule has 0 saturated heterocycles. The Bertz CT molecular complexity index is 4250. The molecule has 0 bridgehead atoms. The summed E-state index contributed by atoms with van der Waals surface area (Å²) in [6.07, 6.45) is 4.55. The fourth-order valence-corrected chi connectivity index (χ4v) is 12.6. The lowest BCUT2D eigenvalue weighted by atomic mass is 10.1. The Morgan fingerprint density at radius 2 is 0.864 bits per heavy atom. The fourth-order valence-electron chi connectivity index (χ4n) is 10.3. The number of hydrogen-bond donors (Lipinski definition) is 5. The first-order valence-corrected chi connectivity index (χ1v) is 44.4. The highest BCUT2D eigenvalue weighted by molar-refractivity contribution is 6.74. The molecule has 3 aromatic carbocycles. The Kier molecular flexibility index (Phi) is 34.6. The van der Waals surface area contributed by atoms with Gasteiger partial charge in [-0.15, -0.1) is 0 Å². The molecule has 110 heavy (non-hydrogen) atoms. The molecule has 0 unspecified atom stereocenters. The van der Waals surface area contributed by atoms with Crippen LogP contribution in [0.2, 0.25) is 41.4 Å². The summed E-state index contributed by atoms with van der Waals surface area (Å²) in [7, 11) is -3.36. The molecular weight excluding hydrogens is 1450 g/mol. The quantitative estimate of drug-likeness (QED) is 0.0149. The topological polar surface area (TPSA) is 278 Å². The lowest BCUT2D eigenvalue weighted by molar-refractivity contribution is 0.0564. The molecule has 6 N–H and O–H groups in total. The number of benzene rings is 3. The lowest BCUT2D eigenvalue weighted by Crippen LogP contribution is -2.41. The van der Waals surface area contributed by atoms with E-state index >= 15 is 0 Å². The molecule has 0 aliphatic rings. The van der Waals surface area contributed by atoms with E-state index in [1.807, 2.05) is 149 Å². The number of aliphatic hydroxyl groups excluding tert-OH is 1. The third kappa shape index (κ3) is 28.3. The van der Waals surface area contributed by atoms with Crippen molar-refractivity contribution in [2.24, 2.45) is 5.73 Å². The van der Waals surface area contributed by atoms with E-state index in [9.17, 15) is 9.59 Å². The number of nitrogens with zero attached hydrogens (tertiary/aromatic N) is 11. The molecule has 9 rings (SSSR count). The van der Waals surface area contributed by atoms with E-state index in [0.29, 0.717) is 132 Å². The van der Waals surface area contributed by atoms with Gasteiger partial charge in [-0.05, 0) is 112 Å². The van der Waals surface area contributed by atoms with Crippen LogP contribution in [0.15, 0.2) is 128 Å². The fraction of sp³-hybridized carbons (Fsp3) is 0.537. The number of aliphatic hydroxyl groups is 1. The van der Waals surface area contributed by atoms with Crippen LogP contribution >= 0.6 is 11.6 Å². The zero-order valence-electron chi connectivity index (χ0n) is 69.5. The second-order valence-electron chi connectivity index (χ2n) is 32.8. The Morgan fingerprint density at radius 3 is 1.26 bits per heavy atom. The molecule has 604 valence electrons. The van der Waals surface area contributed by atoms with E-state index in [0.717, 1.165) is 45.1 Å². The highest BCUT2D eigenvalue weighted by Gasteiger charge is 2.38. The molecule has 28 heteroatoms. The van der Waals surface area contributed by atoms with Crippen molar-refractivity contribution in [3.05, 3.63) is 166 Å². The summed E-state index contributed by atoms with van der Waals surface area (Å²) < 4.78 is 45.2. The van der Waals surface area contributed by atoms with Crippen molar-refractivity contribution < 1.29 is 47.2 Å². The number of ether oxygens (including phenoxy) is 5. The van der Waals surface area contributed by atoms with Gasteiger partial charge in [0.05, 0.1) is 91.1 Å². The van der Waals surface area contributed by atoms with E-state index < -0.39 is 40.0 Å². The van der Waals surface area contributed by atoms with Gasteiger partial charge < -0.3 is 59.3 Å². The smallest absolute Gasteiger partial charge is 0.416 e. The molecular formula is C82H126ClN15O10Si2. The average molecular weight is 1570 g/mol. The van der Waals surface area contributed by atoms with Gasteiger partial charge in [-0.25, -0.2) is 24.5 Å². The van der Waals surface area contributed by atoms with Gasteiger partial charge in [0.25, 0.3) is 0 Å². The molecule has 0 radical (unpaired) electrons. The summed E-state index contributed by atoms with van der Waals surface area (Å²) >= 11 is 6.31. The van der Waals surface area contributed by atoms with Gasteiger partial charge in [0.1, 0.15) is 45.4 Å². The van der Waals surface area contributed by atoms with Gasteiger partial charge in [0.2, 0.25) is 0 Å². The Balaban J connectivity index is 0.000000242. The molecule has 6 aromatic heterocycles. The largest absolute Gasteiger partial charge is 0.443 e. The maximum absolute atomic E-state index is 13.5. The van der Waals surface area contributed by atoms with Crippen molar-refractivity contribution in [3.8, 4) is 0 Å². The Morgan fingerprint density at radius 1 is 0.491 bits per heavy atom. The van der Waals surface area contributed by atoms with Crippen molar-refractivity contribution in [2.75, 3.05) is 105 Å². The second-order valence-corrected chi connectivity index (χ2v) is 42.8. The van der Waals surface area contributed by atoms with Gasteiger partial charge in [-0.2, -0.15) is 28.8 Å². The zero-order valence-corrected chi connectivity index (χ0v) is 72.2. The van der Waals surface area contributed by atoms with Crippen LogP contribution in [-0.2, 0) is 52.2 Å². The minimum atomic E-state index is -1.79. The highest BCUT2D eigenvalue weighted by atomic mass is 35.5. The standard InChI is InChI=1S/C31H49N5O4Si.C21H25ClN4O2.C20H27N5O2.C10H25NO2Si/c1-23(2)25-21-33-36-27(35(29(37)40-30(3,4)5)22-24-14-12-11-13-15-24)20-26(34-28(25)36)32-16-17-38-18-19-39-41(9,10)31(6,7)8;1-14(2)16-12-23-26-18(11-17(22)24-19(16)26)25(20(27)28-21(3,4)5)13-15-9-7-6-8-10-15;1-15(2)17-14-23-25-19(22-13-16-6-4-3-5-7-16)12-18(24-20(17)25)21-8-10-27-11-9-26;1-10(2,3)14(4,5)13-9-8-12-7-6-11/h11-15,20-21,23H,16-19,22H2,1-10H3,(H,32,34);6-12,14H,13H2,1-5H3;3-7,12,14-15,22,26H,8-11,13H2,1-2H3,(H,21,24);6-9,11H2,1-5H3. The van der Waals surface area contributed by atoms with Crippen LogP contribution in [-0.4, -0.2) is 168 Å². The van der Waals surface area contributed by atoms with Gasteiger partial charge in [0, 0.05) is 61.1 Å². The third-order valence-electron chi connectivity index (χ3n) is 18.4. The van der Waals surface area contributed by atoms with Crippen molar-refractivity contribution in [2.45, 2.75) is 209 Å². The third-order valence-corrected chi connectivity index (χ3v) is 27.6. The van der Waals surface area contributed by atoms with E-state index in [-0.39, 0.29) is 28.5 Å². The molecule has 25 nitrogen and oxygen atoms in total. The summed E-state index contributed by atoms with van der Waals surface area (Å²) in [5, 5.41) is 33.3. The van der Waals surface area contributed by atoms with Crippen molar-refractivity contribution in [1.82, 2.24) is 43.8 Å². The summed E-state index contributed by atoms with van der Waals surface area (Å²) in [5.41, 5.74) is 12.4. The van der Waals surface area contributed by atoms with Crippen LogP contribution in [0, 0.1) is 0 Å². The molecule has 0 spiro atoms. The normalized spacial score (nSPS) is 12.2. The number of amides is 2. The van der Waals surface area contributed by atoms with Crippen LogP contribution < -0.4 is 31.5 Å².